The van der Waals surface area contributed by atoms with Gasteiger partial charge < -0.3 is 9.47 Å². The molecule has 0 spiro atoms. The van der Waals surface area contributed by atoms with Crippen molar-refractivity contribution in [3.63, 3.8) is 0 Å². The molecule has 0 atom stereocenters. The van der Waals surface area contributed by atoms with Gasteiger partial charge in [0.25, 0.3) is 5.91 Å². The van der Waals surface area contributed by atoms with E-state index in [9.17, 15) is 4.79 Å². The van der Waals surface area contributed by atoms with Crippen molar-refractivity contribution < 1.29 is 14.3 Å². The Balaban J connectivity index is 1.68. The molecule has 126 valence electrons. The quantitative estimate of drug-likeness (QED) is 0.725. The Bertz CT molecular complexity index is 953. The molecule has 0 saturated heterocycles. The fourth-order valence-corrected chi connectivity index (χ4v) is 3.16. The molecular formula is C18H12Cl2N2O3. The zero-order chi connectivity index (χ0) is 17.6. The lowest BCUT2D eigenvalue weighted by molar-refractivity contribution is -0.114. The monoisotopic (exact) mass is 374 g/mol. The standard InChI is InChI=1S/C18H12Cl2N2O3/c1-10-13(6-11-2-5-16-17(7-11)25-9-24-16)18(23)22(21-10)15-4-3-12(19)8-14(15)20/h2-8H,9H2,1H3/b13-6+. The van der Waals surface area contributed by atoms with Crippen LogP contribution in [0.15, 0.2) is 47.1 Å². The van der Waals surface area contributed by atoms with Crippen molar-refractivity contribution in [2.45, 2.75) is 6.92 Å². The van der Waals surface area contributed by atoms with Gasteiger partial charge in [-0.2, -0.15) is 10.1 Å². The summed E-state index contributed by atoms with van der Waals surface area (Å²) in [6, 6.07) is 10.4. The number of carbonyl (C=O) groups excluding carboxylic acids is 1. The molecule has 5 nitrogen and oxygen atoms in total. The first kappa shape index (κ1) is 16.0. The van der Waals surface area contributed by atoms with Gasteiger partial charge in [-0.15, -0.1) is 0 Å². The minimum Gasteiger partial charge on any atom is -0.454 e. The van der Waals surface area contributed by atoms with E-state index in [1.54, 1.807) is 31.2 Å². The number of amides is 1. The van der Waals surface area contributed by atoms with Crippen LogP contribution in [0.5, 0.6) is 11.5 Å². The summed E-state index contributed by atoms with van der Waals surface area (Å²) in [7, 11) is 0. The van der Waals surface area contributed by atoms with Crippen LogP contribution in [0, 0.1) is 0 Å². The topological polar surface area (TPSA) is 51.1 Å². The molecule has 2 aromatic carbocycles. The van der Waals surface area contributed by atoms with Gasteiger partial charge in [0.2, 0.25) is 6.79 Å². The molecule has 2 aliphatic heterocycles. The third kappa shape index (κ3) is 2.86. The van der Waals surface area contributed by atoms with E-state index in [1.165, 1.54) is 5.01 Å². The first-order chi connectivity index (χ1) is 12.0. The number of carbonyl (C=O) groups is 1. The van der Waals surface area contributed by atoms with Gasteiger partial charge in [0.05, 0.1) is 22.0 Å². The highest BCUT2D eigenvalue weighted by Gasteiger charge is 2.30. The van der Waals surface area contributed by atoms with Gasteiger partial charge in [-0.25, -0.2) is 0 Å². The Hall–Kier alpha value is -2.50. The number of hydrogen-bond donors (Lipinski definition) is 0. The van der Waals surface area contributed by atoms with Crippen LogP contribution in [0.3, 0.4) is 0 Å². The summed E-state index contributed by atoms with van der Waals surface area (Å²) in [5.41, 5.74) is 2.41. The first-order valence-corrected chi connectivity index (χ1v) is 8.25. The maximum Gasteiger partial charge on any atom is 0.280 e. The van der Waals surface area contributed by atoms with Gasteiger partial charge in [-0.05, 0) is 48.9 Å². The maximum absolute atomic E-state index is 12.8. The minimum absolute atomic E-state index is 0.206. The average Bonchev–Trinajstić information content (AvgIpc) is 3.14. The Labute approximate surface area is 154 Å². The molecule has 7 heteroatoms. The normalized spacial score (nSPS) is 17.4. The van der Waals surface area contributed by atoms with Crippen LogP contribution in [-0.2, 0) is 4.79 Å². The molecule has 0 fully saturated rings. The number of nitrogens with zero attached hydrogens (tertiary/aromatic N) is 2. The van der Waals surface area contributed by atoms with Crippen LogP contribution in [0.1, 0.15) is 12.5 Å². The Morgan fingerprint density at radius 3 is 2.72 bits per heavy atom. The molecule has 0 radical (unpaired) electrons. The fourth-order valence-electron chi connectivity index (χ4n) is 2.67. The van der Waals surface area contributed by atoms with Gasteiger partial charge in [0.1, 0.15) is 0 Å². The molecule has 4 rings (SSSR count). The highest BCUT2D eigenvalue weighted by molar-refractivity contribution is 6.38. The van der Waals surface area contributed by atoms with Crippen molar-refractivity contribution in [1.29, 1.82) is 0 Å². The molecule has 0 aliphatic carbocycles. The Morgan fingerprint density at radius 1 is 1.12 bits per heavy atom. The van der Waals surface area contributed by atoms with Gasteiger partial charge in [0.15, 0.2) is 11.5 Å². The number of benzene rings is 2. The van der Waals surface area contributed by atoms with E-state index in [0.29, 0.717) is 38.5 Å². The first-order valence-electron chi connectivity index (χ1n) is 7.49. The SMILES string of the molecule is CC1=NN(c2ccc(Cl)cc2Cl)C(=O)/C1=C/c1ccc2c(c1)OCO2. The average molecular weight is 375 g/mol. The van der Waals surface area contributed by atoms with Gasteiger partial charge in [-0.1, -0.05) is 29.3 Å². The summed E-state index contributed by atoms with van der Waals surface area (Å²) in [5, 5.41) is 6.47. The number of hydrazone groups is 1. The van der Waals surface area contributed by atoms with E-state index in [2.05, 4.69) is 5.10 Å². The molecule has 2 aliphatic rings. The molecule has 0 aromatic heterocycles. The van der Waals surface area contributed by atoms with Crippen LogP contribution < -0.4 is 14.5 Å². The zero-order valence-electron chi connectivity index (χ0n) is 13.1. The molecule has 0 N–H and O–H groups in total. The predicted molar refractivity (Wildman–Crippen MR) is 97.6 cm³/mol. The lowest BCUT2D eigenvalue weighted by Gasteiger charge is -2.13. The molecular weight excluding hydrogens is 363 g/mol. The lowest BCUT2D eigenvalue weighted by Crippen LogP contribution is -2.21. The number of rotatable bonds is 2. The largest absolute Gasteiger partial charge is 0.454 e. The van der Waals surface area contributed by atoms with Crippen molar-refractivity contribution in [3.05, 3.63) is 57.6 Å². The van der Waals surface area contributed by atoms with Crippen LogP contribution in [0.2, 0.25) is 10.0 Å². The van der Waals surface area contributed by atoms with Crippen LogP contribution in [0.25, 0.3) is 6.08 Å². The van der Waals surface area contributed by atoms with Crippen molar-refractivity contribution >= 4 is 46.6 Å². The van der Waals surface area contributed by atoms with E-state index in [-0.39, 0.29) is 12.7 Å². The number of fused-ring (bicyclic) bond motifs is 1. The maximum atomic E-state index is 12.8. The highest BCUT2D eigenvalue weighted by Crippen LogP contribution is 2.35. The Kier molecular flexibility index (Phi) is 3.90. The van der Waals surface area contributed by atoms with E-state index in [1.807, 2.05) is 18.2 Å². The highest BCUT2D eigenvalue weighted by atomic mass is 35.5. The second-order valence-electron chi connectivity index (χ2n) is 5.57. The molecule has 0 saturated carbocycles. The van der Waals surface area contributed by atoms with E-state index in [0.717, 1.165) is 5.56 Å². The summed E-state index contributed by atoms with van der Waals surface area (Å²) in [6.45, 7) is 1.98. The second-order valence-corrected chi connectivity index (χ2v) is 6.41. The summed E-state index contributed by atoms with van der Waals surface area (Å²) >= 11 is 12.1. The number of halogens is 2. The minimum atomic E-state index is -0.251. The molecule has 0 bridgehead atoms. The van der Waals surface area contributed by atoms with Crippen molar-refractivity contribution in [3.8, 4) is 11.5 Å². The van der Waals surface area contributed by atoms with Crippen LogP contribution >= 0.6 is 23.2 Å². The van der Waals surface area contributed by atoms with Gasteiger partial charge in [0, 0.05) is 5.02 Å². The Morgan fingerprint density at radius 2 is 1.92 bits per heavy atom. The van der Waals surface area contributed by atoms with Crippen molar-refractivity contribution in [1.82, 2.24) is 0 Å². The van der Waals surface area contributed by atoms with Crippen molar-refractivity contribution in [2.24, 2.45) is 5.10 Å². The zero-order valence-corrected chi connectivity index (χ0v) is 14.6. The fraction of sp³-hybridized carbons (Fsp3) is 0.111. The predicted octanol–water partition coefficient (Wildman–Crippen LogP) is 4.53. The van der Waals surface area contributed by atoms with Gasteiger partial charge in [-0.3, -0.25) is 4.79 Å². The third-order valence-electron chi connectivity index (χ3n) is 3.91. The molecule has 0 unspecified atom stereocenters. The van der Waals surface area contributed by atoms with Crippen molar-refractivity contribution in [2.75, 3.05) is 11.8 Å². The van der Waals surface area contributed by atoms with Crippen LogP contribution in [-0.4, -0.2) is 18.4 Å². The van der Waals surface area contributed by atoms with E-state index >= 15 is 0 Å². The third-order valence-corrected chi connectivity index (χ3v) is 4.45. The number of anilines is 1. The molecule has 25 heavy (non-hydrogen) atoms. The van der Waals surface area contributed by atoms with Crippen LogP contribution in [0.4, 0.5) is 5.69 Å². The summed E-state index contributed by atoms with van der Waals surface area (Å²) in [4.78, 5) is 12.8. The summed E-state index contributed by atoms with van der Waals surface area (Å²) < 4.78 is 10.7. The summed E-state index contributed by atoms with van der Waals surface area (Å²) in [5.74, 6) is 1.10. The van der Waals surface area contributed by atoms with E-state index < -0.39 is 0 Å². The number of ether oxygens (including phenoxy) is 2. The smallest absolute Gasteiger partial charge is 0.280 e. The lowest BCUT2D eigenvalue weighted by atomic mass is 10.1. The molecule has 2 heterocycles. The van der Waals surface area contributed by atoms with E-state index in [4.69, 9.17) is 32.7 Å². The van der Waals surface area contributed by atoms with Gasteiger partial charge >= 0.3 is 0 Å². The molecule has 2 aromatic rings. The second kappa shape index (κ2) is 6.10. The number of hydrogen-bond acceptors (Lipinski definition) is 4. The molecule has 1 amide bonds. The summed E-state index contributed by atoms with van der Waals surface area (Å²) in [6.07, 6.45) is 1.77.